The SMILES string of the molecule is Fc1ccc(OC2=Nn3c(Cl)nnc3CC2)c(C2=CC=CNC2)c1. The molecule has 122 valence electrons. The first-order valence-electron chi connectivity index (χ1n) is 7.45. The lowest BCUT2D eigenvalue weighted by atomic mass is 10.0. The monoisotopic (exact) mass is 345 g/mol. The smallest absolute Gasteiger partial charge is 0.246 e. The number of rotatable bonds is 2. The molecule has 0 amide bonds. The number of nitrogens with zero attached hydrogens (tertiary/aromatic N) is 4. The molecule has 0 atom stereocenters. The molecule has 2 aromatic rings. The molecule has 0 aliphatic carbocycles. The van der Waals surface area contributed by atoms with Crippen molar-refractivity contribution in [3.8, 4) is 5.75 Å². The molecule has 0 saturated carbocycles. The number of hydrogen-bond acceptors (Lipinski definition) is 5. The summed E-state index contributed by atoms with van der Waals surface area (Å²) in [5.74, 6) is 1.40. The van der Waals surface area contributed by atoms with Gasteiger partial charge in [-0.2, -0.15) is 4.68 Å². The van der Waals surface area contributed by atoms with E-state index in [1.165, 1.54) is 16.8 Å². The van der Waals surface area contributed by atoms with E-state index in [1.807, 2.05) is 18.4 Å². The molecular weight excluding hydrogens is 333 g/mol. The first kappa shape index (κ1) is 14.9. The number of halogens is 2. The van der Waals surface area contributed by atoms with Gasteiger partial charge in [0.1, 0.15) is 11.6 Å². The van der Waals surface area contributed by atoms with Crippen molar-refractivity contribution in [2.75, 3.05) is 6.54 Å². The van der Waals surface area contributed by atoms with Crippen molar-refractivity contribution in [3.63, 3.8) is 0 Å². The van der Waals surface area contributed by atoms with E-state index >= 15 is 0 Å². The molecule has 1 aromatic carbocycles. The summed E-state index contributed by atoms with van der Waals surface area (Å²) in [6, 6.07) is 4.43. The predicted octanol–water partition coefficient (Wildman–Crippen LogP) is 2.76. The fourth-order valence-electron chi connectivity index (χ4n) is 2.61. The first-order valence-corrected chi connectivity index (χ1v) is 7.83. The van der Waals surface area contributed by atoms with Crippen LogP contribution in [0.4, 0.5) is 4.39 Å². The highest BCUT2D eigenvalue weighted by atomic mass is 35.5. The molecule has 8 heteroatoms. The van der Waals surface area contributed by atoms with Crippen molar-refractivity contribution < 1.29 is 9.13 Å². The van der Waals surface area contributed by atoms with Crippen LogP contribution in [0.1, 0.15) is 17.8 Å². The Morgan fingerprint density at radius 3 is 3.00 bits per heavy atom. The Kier molecular flexibility index (Phi) is 3.78. The van der Waals surface area contributed by atoms with E-state index in [9.17, 15) is 4.39 Å². The molecule has 0 saturated heterocycles. The van der Waals surface area contributed by atoms with Crippen molar-refractivity contribution in [3.05, 3.63) is 59.0 Å². The Morgan fingerprint density at radius 2 is 2.17 bits per heavy atom. The molecule has 2 aliphatic heterocycles. The summed E-state index contributed by atoms with van der Waals surface area (Å²) in [4.78, 5) is 0. The quantitative estimate of drug-likeness (QED) is 0.909. The van der Waals surface area contributed by atoms with Crippen LogP contribution in [0, 0.1) is 5.82 Å². The van der Waals surface area contributed by atoms with Gasteiger partial charge in [0.2, 0.25) is 11.2 Å². The number of aromatic nitrogens is 3. The lowest BCUT2D eigenvalue weighted by Crippen LogP contribution is -2.20. The Hall–Kier alpha value is -2.67. The van der Waals surface area contributed by atoms with E-state index in [-0.39, 0.29) is 11.1 Å². The van der Waals surface area contributed by atoms with Crippen LogP contribution < -0.4 is 10.1 Å². The average molecular weight is 346 g/mol. The van der Waals surface area contributed by atoms with Crippen molar-refractivity contribution >= 4 is 23.1 Å². The summed E-state index contributed by atoms with van der Waals surface area (Å²) >= 11 is 5.95. The van der Waals surface area contributed by atoms with Crippen LogP contribution in [0.3, 0.4) is 0 Å². The van der Waals surface area contributed by atoms with Gasteiger partial charge < -0.3 is 10.1 Å². The maximum Gasteiger partial charge on any atom is 0.246 e. The standard InChI is InChI=1S/C16H13ClFN5O/c17-16-21-20-14-5-6-15(22-23(14)16)24-13-4-3-11(18)8-12(13)10-2-1-7-19-9-10/h1-4,7-8,19H,5-6,9H2. The third kappa shape index (κ3) is 2.78. The normalized spacial score (nSPS) is 16.1. The number of nitrogens with one attached hydrogen (secondary N) is 1. The first-order chi connectivity index (χ1) is 11.7. The summed E-state index contributed by atoms with van der Waals surface area (Å²) in [6.45, 7) is 0.601. The van der Waals surface area contributed by atoms with Gasteiger partial charge in [-0.15, -0.1) is 15.3 Å². The van der Waals surface area contributed by atoms with E-state index in [4.69, 9.17) is 16.3 Å². The summed E-state index contributed by atoms with van der Waals surface area (Å²) in [5.41, 5.74) is 1.63. The van der Waals surface area contributed by atoms with Crippen molar-refractivity contribution in [2.45, 2.75) is 12.8 Å². The van der Waals surface area contributed by atoms with Crippen LogP contribution in [0.25, 0.3) is 5.57 Å². The van der Waals surface area contributed by atoms with Gasteiger partial charge in [-0.05, 0) is 47.6 Å². The molecule has 0 unspecified atom stereocenters. The number of benzene rings is 1. The fourth-order valence-corrected chi connectivity index (χ4v) is 2.78. The van der Waals surface area contributed by atoms with Gasteiger partial charge in [-0.1, -0.05) is 6.08 Å². The Labute approximate surface area is 142 Å². The highest BCUT2D eigenvalue weighted by Gasteiger charge is 2.20. The van der Waals surface area contributed by atoms with Gasteiger partial charge >= 0.3 is 0 Å². The van der Waals surface area contributed by atoms with Gasteiger partial charge in [-0.25, -0.2) is 4.39 Å². The van der Waals surface area contributed by atoms with E-state index in [0.29, 0.717) is 42.4 Å². The summed E-state index contributed by atoms with van der Waals surface area (Å²) < 4.78 is 21.1. The summed E-state index contributed by atoms with van der Waals surface area (Å²) in [5, 5.41) is 15.3. The summed E-state index contributed by atoms with van der Waals surface area (Å²) in [6.07, 6.45) is 6.83. The molecule has 6 nitrogen and oxygen atoms in total. The topological polar surface area (TPSA) is 64.3 Å². The second-order valence-electron chi connectivity index (χ2n) is 5.37. The molecule has 24 heavy (non-hydrogen) atoms. The van der Waals surface area contributed by atoms with Crippen LogP contribution in [0.2, 0.25) is 5.28 Å². The number of allylic oxidation sites excluding steroid dienone is 2. The van der Waals surface area contributed by atoms with E-state index in [1.54, 1.807) is 6.07 Å². The molecule has 0 spiro atoms. The van der Waals surface area contributed by atoms with Crippen LogP contribution in [0.15, 0.2) is 41.7 Å². The van der Waals surface area contributed by atoms with Crippen LogP contribution in [-0.2, 0) is 6.42 Å². The number of hydrogen-bond donors (Lipinski definition) is 1. The zero-order valence-corrected chi connectivity index (χ0v) is 13.3. The second kappa shape index (κ2) is 6.09. The average Bonchev–Trinajstić information content (AvgIpc) is 2.98. The highest BCUT2D eigenvalue weighted by molar-refractivity contribution is 6.28. The molecule has 1 N–H and O–H groups in total. The van der Waals surface area contributed by atoms with Gasteiger partial charge in [0, 0.05) is 24.9 Å². The Balaban J connectivity index is 1.68. The fraction of sp³-hybridized carbons (Fsp3) is 0.188. The predicted molar refractivity (Wildman–Crippen MR) is 88.3 cm³/mol. The maximum atomic E-state index is 13.7. The largest absolute Gasteiger partial charge is 0.441 e. The van der Waals surface area contributed by atoms with Gasteiger partial charge in [-0.3, -0.25) is 0 Å². The zero-order valence-electron chi connectivity index (χ0n) is 12.5. The van der Waals surface area contributed by atoms with Crippen molar-refractivity contribution in [1.29, 1.82) is 0 Å². The van der Waals surface area contributed by atoms with Crippen molar-refractivity contribution in [2.24, 2.45) is 5.10 Å². The summed E-state index contributed by atoms with van der Waals surface area (Å²) in [7, 11) is 0. The number of fused-ring (bicyclic) bond motifs is 1. The molecule has 4 rings (SSSR count). The van der Waals surface area contributed by atoms with E-state index in [0.717, 1.165) is 5.57 Å². The molecule has 0 fully saturated rings. The van der Waals surface area contributed by atoms with Gasteiger partial charge in [0.25, 0.3) is 0 Å². The van der Waals surface area contributed by atoms with Gasteiger partial charge in [0.05, 0.1) is 0 Å². The second-order valence-corrected chi connectivity index (χ2v) is 5.70. The van der Waals surface area contributed by atoms with E-state index < -0.39 is 0 Å². The van der Waals surface area contributed by atoms with E-state index in [2.05, 4.69) is 20.6 Å². The van der Waals surface area contributed by atoms with Crippen molar-refractivity contribution in [1.82, 2.24) is 20.2 Å². The molecular formula is C16H13ClFN5O. The molecule has 2 aliphatic rings. The zero-order chi connectivity index (χ0) is 16.5. The minimum atomic E-state index is -0.317. The number of aryl methyl sites for hydroxylation is 1. The number of ether oxygens (including phenoxy) is 1. The third-order valence-corrected chi connectivity index (χ3v) is 4.00. The minimum Gasteiger partial charge on any atom is -0.441 e. The van der Waals surface area contributed by atoms with Crippen LogP contribution >= 0.6 is 11.6 Å². The minimum absolute atomic E-state index is 0.189. The molecule has 0 radical (unpaired) electrons. The lowest BCUT2D eigenvalue weighted by Gasteiger charge is -2.18. The maximum absolute atomic E-state index is 13.7. The number of dihydropyridines is 1. The van der Waals surface area contributed by atoms with Crippen LogP contribution in [0.5, 0.6) is 5.75 Å². The Morgan fingerprint density at radius 1 is 1.25 bits per heavy atom. The Bertz CT molecular complexity index is 887. The van der Waals surface area contributed by atoms with Gasteiger partial charge in [0.15, 0.2) is 5.82 Å². The third-order valence-electron chi connectivity index (χ3n) is 3.76. The lowest BCUT2D eigenvalue weighted by molar-refractivity contribution is 0.501. The molecule has 3 heterocycles. The highest BCUT2D eigenvalue weighted by Crippen LogP contribution is 2.29. The molecule has 0 bridgehead atoms. The van der Waals surface area contributed by atoms with Crippen LogP contribution in [-0.4, -0.2) is 27.3 Å². The molecule has 1 aromatic heterocycles.